The van der Waals surface area contributed by atoms with Gasteiger partial charge in [0, 0.05) is 19.0 Å². The fourth-order valence-corrected chi connectivity index (χ4v) is 2.04. The topological polar surface area (TPSA) is 64.5 Å². The molecule has 7 heteroatoms. The molecular weight excluding hydrogens is 326 g/mol. The highest BCUT2D eigenvalue weighted by Gasteiger charge is 2.34. The summed E-state index contributed by atoms with van der Waals surface area (Å²) >= 11 is 3.23. The van der Waals surface area contributed by atoms with Crippen molar-refractivity contribution in [2.24, 2.45) is 5.92 Å². The van der Waals surface area contributed by atoms with E-state index in [1.54, 1.807) is 17.3 Å². The Morgan fingerprint density at radius 2 is 2.15 bits per heavy atom. The lowest BCUT2D eigenvalue weighted by Crippen LogP contribution is -2.53. The van der Waals surface area contributed by atoms with Crippen LogP contribution in [0.2, 0.25) is 0 Å². The summed E-state index contributed by atoms with van der Waals surface area (Å²) in [5.41, 5.74) is -0.454. The molecule has 0 aliphatic carbocycles. The predicted molar refractivity (Wildman–Crippen MR) is 76.5 cm³/mol. The zero-order chi connectivity index (χ0) is 14.8. The van der Waals surface area contributed by atoms with Gasteiger partial charge in [-0.2, -0.15) is 0 Å². The lowest BCUT2D eigenvalue weighted by molar-refractivity contribution is -0.00811. The van der Waals surface area contributed by atoms with Crippen LogP contribution in [0.3, 0.4) is 0 Å². The van der Waals surface area contributed by atoms with E-state index in [4.69, 9.17) is 9.47 Å². The summed E-state index contributed by atoms with van der Waals surface area (Å²) in [7, 11) is 0. The van der Waals surface area contributed by atoms with E-state index >= 15 is 0 Å². The molecule has 110 valence electrons. The number of hydrogen-bond donors (Lipinski definition) is 0. The summed E-state index contributed by atoms with van der Waals surface area (Å²) in [6.07, 6.45) is 2.89. The van der Waals surface area contributed by atoms with Crippen LogP contribution >= 0.6 is 15.9 Å². The van der Waals surface area contributed by atoms with Crippen molar-refractivity contribution in [3.63, 3.8) is 0 Å². The number of likely N-dealkylation sites (tertiary alicyclic amines) is 1. The molecule has 1 aromatic rings. The van der Waals surface area contributed by atoms with E-state index in [1.165, 1.54) is 0 Å². The Balaban J connectivity index is 1.71. The second-order valence-corrected chi connectivity index (χ2v) is 6.55. The zero-order valence-corrected chi connectivity index (χ0v) is 13.4. The highest BCUT2D eigenvalue weighted by Crippen LogP contribution is 2.20. The van der Waals surface area contributed by atoms with E-state index in [2.05, 4.69) is 25.9 Å². The van der Waals surface area contributed by atoms with E-state index in [0.29, 0.717) is 36.1 Å². The Morgan fingerprint density at radius 1 is 1.45 bits per heavy atom. The molecule has 0 spiro atoms. The summed E-state index contributed by atoms with van der Waals surface area (Å²) < 4.78 is 11.5. The van der Waals surface area contributed by atoms with Crippen LogP contribution < -0.4 is 4.74 Å². The monoisotopic (exact) mass is 343 g/mol. The average molecular weight is 344 g/mol. The zero-order valence-electron chi connectivity index (χ0n) is 11.8. The van der Waals surface area contributed by atoms with Crippen molar-refractivity contribution in [3.8, 4) is 5.88 Å². The van der Waals surface area contributed by atoms with Crippen LogP contribution in [0.5, 0.6) is 5.88 Å². The van der Waals surface area contributed by atoms with Crippen LogP contribution in [-0.2, 0) is 4.74 Å². The van der Waals surface area contributed by atoms with Crippen LogP contribution in [0.25, 0.3) is 0 Å². The molecule has 1 amide bonds. The van der Waals surface area contributed by atoms with Gasteiger partial charge in [-0.25, -0.2) is 9.78 Å². The fraction of sp³-hybridized carbons (Fsp3) is 0.615. The number of amides is 1. The molecule has 20 heavy (non-hydrogen) atoms. The van der Waals surface area contributed by atoms with Crippen LogP contribution in [-0.4, -0.2) is 46.3 Å². The smallest absolute Gasteiger partial charge is 0.410 e. The quantitative estimate of drug-likeness (QED) is 0.843. The summed E-state index contributed by atoms with van der Waals surface area (Å²) in [6.45, 7) is 7.39. The van der Waals surface area contributed by atoms with Gasteiger partial charge in [0.2, 0.25) is 5.88 Å². The molecule has 6 nitrogen and oxygen atoms in total. The third kappa shape index (κ3) is 4.33. The van der Waals surface area contributed by atoms with Gasteiger partial charge in [-0.1, -0.05) is 0 Å². The average Bonchev–Trinajstić information content (AvgIpc) is 2.24. The molecule has 2 heterocycles. The van der Waals surface area contributed by atoms with Crippen molar-refractivity contribution in [2.75, 3.05) is 19.7 Å². The molecule has 1 fully saturated rings. The molecule has 2 rings (SSSR count). The molecule has 0 saturated carbocycles. The SMILES string of the molecule is CC(C)(C)OC(=O)N1CC(COc2cncc(Br)n2)C1. The van der Waals surface area contributed by atoms with Gasteiger partial charge in [0.15, 0.2) is 0 Å². The van der Waals surface area contributed by atoms with E-state index in [0.717, 1.165) is 0 Å². The number of halogens is 1. The number of hydrogen-bond acceptors (Lipinski definition) is 5. The molecule has 1 saturated heterocycles. The summed E-state index contributed by atoms with van der Waals surface area (Å²) in [5, 5.41) is 0. The first-order valence-corrected chi connectivity index (χ1v) is 7.21. The highest BCUT2D eigenvalue weighted by molar-refractivity contribution is 9.10. The van der Waals surface area contributed by atoms with Crippen molar-refractivity contribution in [1.82, 2.24) is 14.9 Å². The van der Waals surface area contributed by atoms with Crippen LogP contribution in [0.15, 0.2) is 17.0 Å². The van der Waals surface area contributed by atoms with E-state index < -0.39 is 5.60 Å². The second-order valence-electron chi connectivity index (χ2n) is 5.74. The number of nitrogens with zero attached hydrogens (tertiary/aromatic N) is 3. The van der Waals surface area contributed by atoms with Gasteiger partial charge in [-0.15, -0.1) is 0 Å². The fourth-order valence-electron chi connectivity index (χ4n) is 1.75. The van der Waals surface area contributed by atoms with Crippen LogP contribution in [0.1, 0.15) is 20.8 Å². The van der Waals surface area contributed by atoms with Crippen LogP contribution in [0, 0.1) is 5.92 Å². The van der Waals surface area contributed by atoms with Gasteiger partial charge in [0.1, 0.15) is 10.2 Å². The maximum Gasteiger partial charge on any atom is 0.410 e. The normalized spacial score (nSPS) is 15.7. The minimum absolute atomic E-state index is 0.268. The Hall–Kier alpha value is -1.37. The molecule has 0 unspecified atom stereocenters. The Labute approximate surface area is 126 Å². The predicted octanol–water partition coefficient (Wildman–Crippen LogP) is 2.48. The number of aromatic nitrogens is 2. The maximum atomic E-state index is 11.7. The molecule has 0 atom stereocenters. The van der Waals surface area contributed by atoms with E-state index in [-0.39, 0.29) is 6.09 Å². The number of ether oxygens (including phenoxy) is 2. The molecule has 0 N–H and O–H groups in total. The number of carbonyl (C=O) groups excluding carboxylic acids is 1. The maximum absolute atomic E-state index is 11.7. The van der Waals surface area contributed by atoms with Gasteiger partial charge >= 0.3 is 6.09 Å². The first-order chi connectivity index (χ1) is 9.33. The van der Waals surface area contributed by atoms with Gasteiger partial charge in [-0.3, -0.25) is 4.98 Å². The third-order valence-electron chi connectivity index (χ3n) is 2.66. The van der Waals surface area contributed by atoms with Crippen molar-refractivity contribution in [1.29, 1.82) is 0 Å². The summed E-state index contributed by atoms with van der Waals surface area (Å²) in [5.74, 6) is 0.790. The van der Waals surface area contributed by atoms with Crippen LogP contribution in [0.4, 0.5) is 4.79 Å². The first kappa shape index (κ1) is 15.0. The standard InChI is InChI=1S/C13H18BrN3O3/c1-13(2,3)20-12(18)17-6-9(7-17)8-19-11-5-15-4-10(14)16-11/h4-5,9H,6-8H2,1-3H3. The summed E-state index contributed by atoms with van der Waals surface area (Å²) in [4.78, 5) is 21.5. The van der Waals surface area contributed by atoms with Gasteiger partial charge in [-0.05, 0) is 36.7 Å². The number of carbonyl (C=O) groups is 1. The molecule has 1 aliphatic rings. The van der Waals surface area contributed by atoms with Gasteiger partial charge in [0.25, 0.3) is 0 Å². The van der Waals surface area contributed by atoms with Crippen molar-refractivity contribution >= 4 is 22.0 Å². The van der Waals surface area contributed by atoms with Crippen molar-refractivity contribution in [3.05, 3.63) is 17.0 Å². The third-order valence-corrected chi connectivity index (χ3v) is 3.04. The first-order valence-electron chi connectivity index (χ1n) is 6.42. The van der Waals surface area contributed by atoms with Gasteiger partial charge in [0.05, 0.1) is 19.0 Å². The molecule has 1 aliphatic heterocycles. The lowest BCUT2D eigenvalue weighted by atomic mass is 10.0. The number of rotatable bonds is 3. The van der Waals surface area contributed by atoms with Gasteiger partial charge < -0.3 is 14.4 Å². The van der Waals surface area contributed by atoms with E-state index in [1.807, 2.05) is 20.8 Å². The largest absolute Gasteiger partial charge is 0.476 e. The molecule has 0 aromatic carbocycles. The second kappa shape index (κ2) is 5.95. The molecule has 0 bridgehead atoms. The Bertz CT molecular complexity index is 484. The summed E-state index contributed by atoms with van der Waals surface area (Å²) in [6, 6.07) is 0. The van der Waals surface area contributed by atoms with Crippen molar-refractivity contribution in [2.45, 2.75) is 26.4 Å². The molecule has 0 radical (unpaired) electrons. The Morgan fingerprint density at radius 3 is 2.75 bits per heavy atom. The minimum Gasteiger partial charge on any atom is -0.476 e. The van der Waals surface area contributed by atoms with Crippen molar-refractivity contribution < 1.29 is 14.3 Å². The molecular formula is C13H18BrN3O3. The lowest BCUT2D eigenvalue weighted by Gasteiger charge is -2.39. The minimum atomic E-state index is -0.454. The highest BCUT2D eigenvalue weighted by atomic mass is 79.9. The molecule has 1 aromatic heterocycles. The Kier molecular flexibility index (Phi) is 4.47. The van der Waals surface area contributed by atoms with E-state index in [9.17, 15) is 4.79 Å².